The van der Waals surface area contributed by atoms with E-state index in [0.717, 1.165) is 13.1 Å². The molecular weight excluding hydrogens is 246 g/mol. The molecule has 1 saturated heterocycles. The molecule has 0 spiro atoms. The molecule has 0 unspecified atom stereocenters. The highest BCUT2D eigenvalue weighted by molar-refractivity contribution is 5.50. The van der Waals surface area contributed by atoms with Crippen LogP contribution in [0.25, 0.3) is 0 Å². The minimum Gasteiger partial charge on any atom is -0.381 e. The first-order valence-electron chi connectivity index (χ1n) is 7.30. The Kier molecular flexibility index (Phi) is 3.86. The van der Waals surface area contributed by atoms with Gasteiger partial charge in [0.15, 0.2) is 0 Å². The number of benzene rings is 1. The zero-order valence-electron chi connectivity index (χ0n) is 11.9. The molecular formula is C17H21N3. The van der Waals surface area contributed by atoms with Gasteiger partial charge in [0.1, 0.15) is 0 Å². The Morgan fingerprint density at radius 2 is 1.85 bits per heavy atom. The molecule has 3 nitrogen and oxygen atoms in total. The first-order valence-corrected chi connectivity index (χ1v) is 7.30. The van der Waals surface area contributed by atoms with E-state index in [4.69, 9.17) is 0 Å². The summed E-state index contributed by atoms with van der Waals surface area (Å²) in [6.07, 6.45) is 6.11. The number of hydrogen-bond acceptors (Lipinski definition) is 3. The summed E-state index contributed by atoms with van der Waals surface area (Å²) in [5.74, 6) is 0. The van der Waals surface area contributed by atoms with Gasteiger partial charge in [0.05, 0.1) is 11.9 Å². The summed E-state index contributed by atoms with van der Waals surface area (Å²) in [5.41, 5.74) is 3.78. The lowest BCUT2D eigenvalue weighted by atomic mass is 10.0. The highest BCUT2D eigenvalue weighted by Crippen LogP contribution is 2.22. The van der Waals surface area contributed by atoms with E-state index in [1.54, 1.807) is 0 Å². The normalized spacial score (nSPS) is 16.1. The number of para-hydroxylation sites is 1. The average molecular weight is 267 g/mol. The van der Waals surface area contributed by atoms with Gasteiger partial charge in [0.2, 0.25) is 0 Å². The van der Waals surface area contributed by atoms with Gasteiger partial charge in [-0.15, -0.1) is 0 Å². The molecule has 0 amide bonds. The van der Waals surface area contributed by atoms with E-state index in [9.17, 15) is 0 Å². The molecule has 0 aliphatic carbocycles. The van der Waals surface area contributed by atoms with Crippen LogP contribution in [0.1, 0.15) is 18.4 Å². The Morgan fingerprint density at radius 1 is 1.10 bits per heavy atom. The molecule has 1 N–H and O–H groups in total. The molecule has 1 fully saturated rings. The van der Waals surface area contributed by atoms with Crippen LogP contribution in [0.3, 0.4) is 0 Å². The van der Waals surface area contributed by atoms with Crippen LogP contribution < -0.4 is 10.2 Å². The second-order valence-corrected chi connectivity index (χ2v) is 5.43. The van der Waals surface area contributed by atoms with Crippen LogP contribution in [-0.4, -0.2) is 24.1 Å². The van der Waals surface area contributed by atoms with Gasteiger partial charge in [-0.1, -0.05) is 18.2 Å². The third kappa shape index (κ3) is 2.93. The minimum absolute atomic E-state index is 0.554. The topological polar surface area (TPSA) is 28.2 Å². The van der Waals surface area contributed by atoms with Crippen LogP contribution >= 0.6 is 0 Å². The summed E-state index contributed by atoms with van der Waals surface area (Å²) in [6.45, 7) is 4.35. The van der Waals surface area contributed by atoms with E-state index >= 15 is 0 Å². The number of pyridine rings is 1. The van der Waals surface area contributed by atoms with Crippen molar-refractivity contribution in [3.05, 3.63) is 54.4 Å². The monoisotopic (exact) mass is 267 g/mol. The molecule has 2 aromatic rings. The van der Waals surface area contributed by atoms with Crippen molar-refractivity contribution in [1.29, 1.82) is 0 Å². The summed E-state index contributed by atoms with van der Waals surface area (Å²) in [6, 6.07) is 13.3. The number of hydrogen-bond donors (Lipinski definition) is 1. The molecule has 20 heavy (non-hydrogen) atoms. The zero-order valence-corrected chi connectivity index (χ0v) is 11.9. The number of piperidine rings is 1. The van der Waals surface area contributed by atoms with Crippen LogP contribution in [0.15, 0.2) is 48.8 Å². The molecule has 0 bridgehead atoms. The molecule has 1 aliphatic rings. The van der Waals surface area contributed by atoms with Gasteiger partial charge < -0.3 is 10.2 Å². The molecule has 1 aromatic carbocycles. The Hall–Kier alpha value is -2.03. The number of nitrogens with zero attached hydrogens (tertiary/aromatic N) is 2. The Labute approximate surface area is 120 Å². The predicted molar refractivity (Wildman–Crippen MR) is 84.3 cm³/mol. The second-order valence-electron chi connectivity index (χ2n) is 5.43. The van der Waals surface area contributed by atoms with E-state index in [1.807, 2.05) is 12.4 Å². The minimum atomic E-state index is 0.554. The van der Waals surface area contributed by atoms with Crippen LogP contribution in [-0.2, 0) is 0 Å². The van der Waals surface area contributed by atoms with Crippen molar-refractivity contribution >= 4 is 11.4 Å². The smallest absolute Gasteiger partial charge is 0.0558 e. The fourth-order valence-electron chi connectivity index (χ4n) is 2.76. The Bertz CT molecular complexity index is 545. The number of aryl methyl sites for hydroxylation is 1. The van der Waals surface area contributed by atoms with E-state index in [2.05, 4.69) is 58.5 Å². The zero-order chi connectivity index (χ0) is 13.8. The number of nitrogens with one attached hydrogen (secondary N) is 1. The largest absolute Gasteiger partial charge is 0.381 e. The van der Waals surface area contributed by atoms with Crippen molar-refractivity contribution in [2.45, 2.75) is 25.8 Å². The van der Waals surface area contributed by atoms with Gasteiger partial charge in [0, 0.05) is 31.0 Å². The molecule has 104 valence electrons. The van der Waals surface area contributed by atoms with E-state index in [1.165, 1.54) is 29.8 Å². The third-order valence-corrected chi connectivity index (χ3v) is 4.02. The molecule has 3 rings (SSSR count). The van der Waals surface area contributed by atoms with Gasteiger partial charge in [-0.25, -0.2) is 0 Å². The number of anilines is 2. The Balaban J connectivity index is 1.58. The second kappa shape index (κ2) is 5.95. The average Bonchev–Trinajstić information content (AvgIpc) is 2.51. The van der Waals surface area contributed by atoms with Gasteiger partial charge in [0.25, 0.3) is 0 Å². The molecule has 3 heteroatoms. The van der Waals surface area contributed by atoms with Crippen molar-refractivity contribution in [1.82, 2.24) is 4.98 Å². The van der Waals surface area contributed by atoms with E-state index < -0.39 is 0 Å². The van der Waals surface area contributed by atoms with Crippen molar-refractivity contribution in [3.63, 3.8) is 0 Å². The van der Waals surface area contributed by atoms with Crippen LogP contribution in [0, 0.1) is 6.92 Å². The Morgan fingerprint density at radius 3 is 2.55 bits per heavy atom. The van der Waals surface area contributed by atoms with Crippen molar-refractivity contribution in [3.8, 4) is 0 Å². The fraction of sp³-hybridized carbons (Fsp3) is 0.353. The van der Waals surface area contributed by atoms with Crippen molar-refractivity contribution in [2.24, 2.45) is 0 Å². The standard InChI is InChI=1S/C17H21N3/c1-14-7-10-18-13-17(14)19-15-8-11-20(12-9-15)16-5-3-2-4-6-16/h2-7,10,13,15,19H,8-9,11-12H2,1H3. The molecule has 0 radical (unpaired) electrons. The lowest BCUT2D eigenvalue weighted by Gasteiger charge is -2.34. The lowest BCUT2D eigenvalue weighted by molar-refractivity contribution is 0.526. The maximum Gasteiger partial charge on any atom is 0.0558 e. The van der Waals surface area contributed by atoms with Crippen LogP contribution in [0.4, 0.5) is 11.4 Å². The maximum absolute atomic E-state index is 4.20. The highest BCUT2D eigenvalue weighted by Gasteiger charge is 2.19. The van der Waals surface area contributed by atoms with Crippen molar-refractivity contribution in [2.75, 3.05) is 23.3 Å². The molecule has 1 aromatic heterocycles. The summed E-state index contributed by atoms with van der Waals surface area (Å²) in [7, 11) is 0. The van der Waals surface area contributed by atoms with E-state index in [0.29, 0.717) is 6.04 Å². The summed E-state index contributed by atoms with van der Waals surface area (Å²) in [5, 5.41) is 3.63. The van der Waals surface area contributed by atoms with Crippen LogP contribution in [0.2, 0.25) is 0 Å². The van der Waals surface area contributed by atoms with Gasteiger partial charge >= 0.3 is 0 Å². The SMILES string of the molecule is Cc1ccncc1NC1CCN(c2ccccc2)CC1. The lowest BCUT2D eigenvalue weighted by Crippen LogP contribution is -2.39. The highest BCUT2D eigenvalue weighted by atomic mass is 15.1. The molecule has 0 saturated carbocycles. The first-order chi connectivity index (χ1) is 9.83. The maximum atomic E-state index is 4.20. The number of rotatable bonds is 3. The van der Waals surface area contributed by atoms with Gasteiger partial charge in [-0.3, -0.25) is 4.98 Å². The predicted octanol–water partition coefficient (Wildman–Crippen LogP) is 3.47. The van der Waals surface area contributed by atoms with E-state index in [-0.39, 0.29) is 0 Å². The molecule has 2 heterocycles. The molecule has 1 aliphatic heterocycles. The summed E-state index contributed by atoms with van der Waals surface area (Å²) >= 11 is 0. The summed E-state index contributed by atoms with van der Waals surface area (Å²) in [4.78, 5) is 6.67. The summed E-state index contributed by atoms with van der Waals surface area (Å²) < 4.78 is 0. The first kappa shape index (κ1) is 13.0. The quantitative estimate of drug-likeness (QED) is 0.923. The van der Waals surface area contributed by atoms with Crippen LogP contribution in [0.5, 0.6) is 0 Å². The number of aromatic nitrogens is 1. The van der Waals surface area contributed by atoms with Gasteiger partial charge in [-0.2, -0.15) is 0 Å². The van der Waals surface area contributed by atoms with Gasteiger partial charge in [-0.05, 0) is 43.5 Å². The molecule has 0 atom stereocenters. The van der Waals surface area contributed by atoms with Crippen molar-refractivity contribution < 1.29 is 0 Å². The third-order valence-electron chi connectivity index (χ3n) is 4.02. The fourth-order valence-corrected chi connectivity index (χ4v) is 2.76.